The van der Waals surface area contributed by atoms with Gasteiger partial charge in [0.15, 0.2) is 0 Å². The van der Waals surface area contributed by atoms with Gasteiger partial charge in [0.2, 0.25) is 0 Å². The third kappa shape index (κ3) is 2.43. The van der Waals surface area contributed by atoms with Gasteiger partial charge in [0, 0.05) is 23.4 Å². The second-order valence-corrected chi connectivity index (χ2v) is 8.49. The van der Waals surface area contributed by atoms with Gasteiger partial charge in [-0.05, 0) is 22.4 Å². The highest BCUT2D eigenvalue weighted by Crippen LogP contribution is 2.36. The molecule has 0 saturated carbocycles. The van der Waals surface area contributed by atoms with Crippen LogP contribution in [0.5, 0.6) is 0 Å². The molecule has 0 aliphatic rings. The number of aromatic nitrogens is 3. The number of hydrogen-bond acceptors (Lipinski definition) is 2. The van der Waals surface area contributed by atoms with E-state index in [2.05, 4.69) is 103 Å². The summed E-state index contributed by atoms with van der Waals surface area (Å²) in [6, 6.07) is 21.7. The first-order valence-corrected chi connectivity index (χ1v) is 9.67. The largest absolute Gasteiger partial charge is 0.340 e. The molecule has 0 spiro atoms. The third-order valence-corrected chi connectivity index (χ3v) is 5.67. The molecule has 3 aromatic carbocycles. The van der Waals surface area contributed by atoms with Gasteiger partial charge in [-0.2, -0.15) is 0 Å². The quantitative estimate of drug-likeness (QED) is 0.352. The van der Waals surface area contributed by atoms with Gasteiger partial charge in [0.05, 0.1) is 16.7 Å². The Morgan fingerprint density at radius 1 is 0.750 bits per heavy atom. The summed E-state index contributed by atoms with van der Waals surface area (Å²) < 4.78 is 2.25. The molecule has 0 N–H and O–H groups in total. The summed E-state index contributed by atoms with van der Waals surface area (Å²) in [6.07, 6.45) is 1.68. The monoisotopic (exact) mass is 365 g/mol. The zero-order chi connectivity index (χ0) is 19.5. The summed E-state index contributed by atoms with van der Waals surface area (Å²) in [4.78, 5) is 9.32. The van der Waals surface area contributed by atoms with Crippen LogP contribution >= 0.6 is 0 Å². The minimum absolute atomic E-state index is 0.137. The molecule has 2 aromatic heterocycles. The van der Waals surface area contributed by atoms with Crippen LogP contribution in [0.1, 0.15) is 26.3 Å². The van der Waals surface area contributed by atoms with Crippen molar-refractivity contribution in [3.8, 4) is 11.3 Å². The molecule has 2 heterocycles. The van der Waals surface area contributed by atoms with Crippen molar-refractivity contribution in [2.24, 2.45) is 7.05 Å². The van der Waals surface area contributed by atoms with E-state index < -0.39 is 0 Å². The minimum atomic E-state index is 0.137. The van der Waals surface area contributed by atoms with Crippen molar-refractivity contribution in [2.75, 3.05) is 0 Å². The van der Waals surface area contributed by atoms with Crippen molar-refractivity contribution in [1.29, 1.82) is 0 Å². The number of hydrogen-bond donors (Lipinski definition) is 0. The topological polar surface area (TPSA) is 30.7 Å². The Bertz CT molecular complexity index is 1340. The van der Waals surface area contributed by atoms with E-state index in [4.69, 9.17) is 0 Å². The van der Waals surface area contributed by atoms with Gasteiger partial charge in [-0.1, -0.05) is 75.4 Å². The highest BCUT2D eigenvalue weighted by molar-refractivity contribution is 6.18. The average molecular weight is 365 g/mol. The maximum Gasteiger partial charge on any atom is 0.116 e. The van der Waals surface area contributed by atoms with Gasteiger partial charge in [-0.15, -0.1) is 0 Å². The molecule has 5 aromatic rings. The molecule has 138 valence electrons. The number of fused-ring (bicyclic) bond motifs is 5. The molecule has 3 heteroatoms. The molecule has 0 atom stereocenters. The molecule has 0 fully saturated rings. The Kier molecular flexibility index (Phi) is 3.57. The van der Waals surface area contributed by atoms with E-state index in [0.717, 1.165) is 22.3 Å². The molecule has 0 bridgehead atoms. The first-order chi connectivity index (χ1) is 13.4. The fourth-order valence-corrected chi connectivity index (χ4v) is 4.15. The zero-order valence-electron chi connectivity index (χ0n) is 16.7. The van der Waals surface area contributed by atoms with Crippen LogP contribution in [0.4, 0.5) is 0 Å². The first kappa shape index (κ1) is 16.9. The summed E-state index contributed by atoms with van der Waals surface area (Å²) >= 11 is 0. The molecule has 3 nitrogen and oxygen atoms in total. The van der Waals surface area contributed by atoms with Crippen LogP contribution in [0.15, 0.2) is 67.0 Å². The van der Waals surface area contributed by atoms with E-state index in [9.17, 15) is 0 Å². The molecule has 0 aliphatic carbocycles. The smallest absolute Gasteiger partial charge is 0.116 e. The highest BCUT2D eigenvalue weighted by Gasteiger charge is 2.18. The van der Waals surface area contributed by atoms with Gasteiger partial charge in [-0.3, -0.25) is 0 Å². The Balaban J connectivity index is 1.83. The second kappa shape index (κ2) is 5.90. The van der Waals surface area contributed by atoms with Gasteiger partial charge in [-0.25, -0.2) is 9.97 Å². The molecular formula is C25H23N3. The Labute approximate surface area is 164 Å². The average Bonchev–Trinajstić information content (AvgIpc) is 3.00. The standard InChI is InChI=1S/C25H23N3/c1-25(2,3)18-12-9-17(10-13-18)21-24-22(27-15-26-21)20-14-11-16-7-5-6-8-19(16)23(20)28(24)4/h5-15H,1-4H3. The van der Waals surface area contributed by atoms with E-state index in [1.165, 1.54) is 27.2 Å². The maximum atomic E-state index is 4.67. The first-order valence-electron chi connectivity index (χ1n) is 9.67. The van der Waals surface area contributed by atoms with Crippen molar-refractivity contribution >= 4 is 32.7 Å². The molecule has 0 aliphatic heterocycles. The van der Waals surface area contributed by atoms with E-state index in [-0.39, 0.29) is 5.41 Å². The van der Waals surface area contributed by atoms with Crippen LogP contribution in [0.3, 0.4) is 0 Å². The molecule has 5 rings (SSSR count). The SMILES string of the molecule is Cn1c2c(-c3ccc(C(C)(C)C)cc3)ncnc2c2ccc3ccccc3c21. The lowest BCUT2D eigenvalue weighted by Gasteiger charge is -2.19. The van der Waals surface area contributed by atoms with Crippen LogP contribution in [0.2, 0.25) is 0 Å². The predicted octanol–water partition coefficient (Wildman–Crippen LogP) is 6.24. The third-order valence-electron chi connectivity index (χ3n) is 5.67. The molecule has 0 amide bonds. The Hall–Kier alpha value is -3.20. The molecule has 0 radical (unpaired) electrons. The summed E-state index contributed by atoms with van der Waals surface area (Å²) in [6.45, 7) is 6.71. The Morgan fingerprint density at radius 3 is 2.25 bits per heavy atom. The minimum Gasteiger partial charge on any atom is -0.340 e. The lowest BCUT2D eigenvalue weighted by molar-refractivity contribution is 0.590. The molecular weight excluding hydrogens is 342 g/mol. The maximum absolute atomic E-state index is 4.67. The van der Waals surface area contributed by atoms with Gasteiger partial charge >= 0.3 is 0 Å². The number of nitrogens with zero attached hydrogens (tertiary/aromatic N) is 3. The second-order valence-electron chi connectivity index (χ2n) is 8.49. The molecule has 0 unspecified atom stereocenters. The summed E-state index contributed by atoms with van der Waals surface area (Å²) in [5.74, 6) is 0. The van der Waals surface area contributed by atoms with Crippen LogP contribution < -0.4 is 0 Å². The van der Waals surface area contributed by atoms with Crippen molar-refractivity contribution in [1.82, 2.24) is 14.5 Å². The van der Waals surface area contributed by atoms with Crippen LogP contribution in [0, 0.1) is 0 Å². The van der Waals surface area contributed by atoms with Crippen LogP contribution in [-0.4, -0.2) is 14.5 Å². The van der Waals surface area contributed by atoms with Gasteiger partial charge < -0.3 is 4.57 Å². The summed E-state index contributed by atoms with van der Waals surface area (Å²) in [5.41, 5.74) is 6.86. The summed E-state index contributed by atoms with van der Waals surface area (Å²) in [5, 5.41) is 3.66. The number of rotatable bonds is 1. The fourth-order valence-electron chi connectivity index (χ4n) is 4.15. The van der Waals surface area contributed by atoms with Crippen LogP contribution in [-0.2, 0) is 12.5 Å². The number of aryl methyl sites for hydroxylation is 1. The van der Waals surface area contributed by atoms with E-state index in [1.54, 1.807) is 6.33 Å². The molecule has 0 saturated heterocycles. The molecule has 28 heavy (non-hydrogen) atoms. The Morgan fingerprint density at radius 2 is 1.50 bits per heavy atom. The van der Waals surface area contributed by atoms with E-state index in [1.807, 2.05) is 0 Å². The van der Waals surface area contributed by atoms with Gasteiger partial charge in [0.25, 0.3) is 0 Å². The highest BCUT2D eigenvalue weighted by atomic mass is 15.0. The van der Waals surface area contributed by atoms with Crippen molar-refractivity contribution in [3.63, 3.8) is 0 Å². The zero-order valence-corrected chi connectivity index (χ0v) is 16.7. The normalized spacial score (nSPS) is 12.3. The fraction of sp³-hybridized carbons (Fsp3) is 0.200. The predicted molar refractivity (Wildman–Crippen MR) is 118 cm³/mol. The van der Waals surface area contributed by atoms with Crippen molar-refractivity contribution < 1.29 is 0 Å². The van der Waals surface area contributed by atoms with Crippen molar-refractivity contribution in [3.05, 3.63) is 72.6 Å². The number of benzene rings is 3. The van der Waals surface area contributed by atoms with E-state index >= 15 is 0 Å². The van der Waals surface area contributed by atoms with Crippen molar-refractivity contribution in [2.45, 2.75) is 26.2 Å². The van der Waals surface area contributed by atoms with Gasteiger partial charge in [0.1, 0.15) is 11.8 Å². The lowest BCUT2D eigenvalue weighted by atomic mass is 9.86. The van der Waals surface area contributed by atoms with Crippen LogP contribution in [0.25, 0.3) is 44.0 Å². The van der Waals surface area contributed by atoms with E-state index in [0.29, 0.717) is 0 Å². The lowest BCUT2D eigenvalue weighted by Crippen LogP contribution is -2.10. The summed E-state index contributed by atoms with van der Waals surface area (Å²) in [7, 11) is 2.12.